The second-order valence-electron chi connectivity index (χ2n) is 4.80. The molecule has 3 heteroatoms. The molecule has 1 aromatic heterocycles. The summed E-state index contributed by atoms with van der Waals surface area (Å²) in [6.07, 6.45) is 8.49. The highest BCUT2D eigenvalue weighted by molar-refractivity contribution is 5.20. The fraction of sp³-hybridized carbons (Fsp3) is 0.643. The standard InChI is InChI=1S/C14H22N2O/c1-2-11-5-3-4-6-14(11)17-13-8-7-12(9-15)16-10-13/h7-8,10-11,14H,2-6,9,15H2,1H3. The number of ether oxygens (including phenoxy) is 1. The minimum atomic E-state index is 0.374. The molecule has 1 aliphatic carbocycles. The monoisotopic (exact) mass is 234 g/mol. The van der Waals surface area contributed by atoms with E-state index in [1.54, 1.807) is 6.20 Å². The van der Waals surface area contributed by atoms with Gasteiger partial charge in [-0.25, -0.2) is 0 Å². The summed E-state index contributed by atoms with van der Waals surface area (Å²) in [5, 5.41) is 0. The molecular weight excluding hydrogens is 212 g/mol. The zero-order valence-electron chi connectivity index (χ0n) is 10.6. The number of pyridine rings is 1. The van der Waals surface area contributed by atoms with Crippen molar-refractivity contribution >= 4 is 0 Å². The van der Waals surface area contributed by atoms with Crippen LogP contribution in [0.1, 0.15) is 44.7 Å². The van der Waals surface area contributed by atoms with Crippen LogP contribution in [0, 0.1) is 5.92 Å². The van der Waals surface area contributed by atoms with Crippen LogP contribution in [0.25, 0.3) is 0 Å². The highest BCUT2D eigenvalue weighted by Crippen LogP contribution is 2.30. The minimum Gasteiger partial charge on any atom is -0.489 e. The zero-order valence-corrected chi connectivity index (χ0v) is 10.6. The van der Waals surface area contributed by atoms with Gasteiger partial charge in [0.25, 0.3) is 0 Å². The van der Waals surface area contributed by atoms with E-state index >= 15 is 0 Å². The maximum atomic E-state index is 6.05. The van der Waals surface area contributed by atoms with Crippen molar-refractivity contribution in [3.05, 3.63) is 24.0 Å². The van der Waals surface area contributed by atoms with Crippen molar-refractivity contribution in [1.29, 1.82) is 0 Å². The molecule has 1 saturated carbocycles. The average molecular weight is 234 g/mol. The first-order valence-corrected chi connectivity index (χ1v) is 6.65. The molecule has 94 valence electrons. The normalized spacial score (nSPS) is 24.6. The van der Waals surface area contributed by atoms with Crippen LogP contribution < -0.4 is 10.5 Å². The summed E-state index contributed by atoms with van der Waals surface area (Å²) in [5.74, 6) is 1.59. The Morgan fingerprint density at radius 3 is 2.82 bits per heavy atom. The van der Waals surface area contributed by atoms with Crippen LogP contribution in [0.4, 0.5) is 0 Å². The second kappa shape index (κ2) is 6.01. The van der Waals surface area contributed by atoms with Crippen LogP contribution in [-0.4, -0.2) is 11.1 Å². The average Bonchev–Trinajstić information content (AvgIpc) is 2.40. The Balaban J connectivity index is 1.98. The van der Waals surface area contributed by atoms with Crippen molar-refractivity contribution in [3.8, 4) is 5.75 Å². The summed E-state index contributed by atoms with van der Waals surface area (Å²) in [4.78, 5) is 4.26. The third-order valence-corrected chi connectivity index (χ3v) is 3.66. The van der Waals surface area contributed by atoms with Crippen LogP contribution in [0.3, 0.4) is 0 Å². The molecule has 0 amide bonds. The number of aromatic nitrogens is 1. The first-order chi connectivity index (χ1) is 8.33. The molecule has 2 atom stereocenters. The number of hydrogen-bond donors (Lipinski definition) is 1. The largest absolute Gasteiger partial charge is 0.489 e. The van der Waals surface area contributed by atoms with Crippen LogP contribution in [0.5, 0.6) is 5.75 Å². The summed E-state index contributed by atoms with van der Waals surface area (Å²) in [7, 11) is 0. The molecule has 2 N–H and O–H groups in total. The van der Waals surface area contributed by atoms with Crippen molar-refractivity contribution in [1.82, 2.24) is 4.98 Å². The fourth-order valence-electron chi connectivity index (χ4n) is 2.57. The summed E-state index contributed by atoms with van der Waals surface area (Å²) in [5.41, 5.74) is 6.43. The lowest BCUT2D eigenvalue weighted by molar-refractivity contribution is 0.0900. The summed E-state index contributed by atoms with van der Waals surface area (Å²) in [6, 6.07) is 3.93. The Bertz CT molecular complexity index is 337. The van der Waals surface area contributed by atoms with E-state index in [1.807, 2.05) is 12.1 Å². The maximum Gasteiger partial charge on any atom is 0.138 e. The molecule has 0 aromatic carbocycles. The number of nitrogens with zero attached hydrogens (tertiary/aromatic N) is 1. The highest BCUT2D eigenvalue weighted by Gasteiger charge is 2.25. The topological polar surface area (TPSA) is 48.1 Å². The Morgan fingerprint density at radius 1 is 1.35 bits per heavy atom. The van der Waals surface area contributed by atoms with Crippen LogP contribution in [0.2, 0.25) is 0 Å². The maximum absolute atomic E-state index is 6.05. The third-order valence-electron chi connectivity index (χ3n) is 3.66. The second-order valence-corrected chi connectivity index (χ2v) is 4.80. The predicted octanol–water partition coefficient (Wildman–Crippen LogP) is 2.89. The molecule has 0 saturated heterocycles. The lowest BCUT2D eigenvalue weighted by Gasteiger charge is -2.31. The van der Waals surface area contributed by atoms with Crippen molar-refractivity contribution in [2.45, 2.75) is 51.7 Å². The quantitative estimate of drug-likeness (QED) is 0.871. The van der Waals surface area contributed by atoms with Gasteiger partial charge in [0, 0.05) is 6.54 Å². The Morgan fingerprint density at radius 2 is 2.18 bits per heavy atom. The fourth-order valence-corrected chi connectivity index (χ4v) is 2.57. The van der Waals surface area contributed by atoms with Gasteiger partial charge >= 0.3 is 0 Å². The summed E-state index contributed by atoms with van der Waals surface area (Å²) < 4.78 is 6.05. The van der Waals surface area contributed by atoms with Crippen LogP contribution >= 0.6 is 0 Å². The van der Waals surface area contributed by atoms with Gasteiger partial charge in [0.05, 0.1) is 11.9 Å². The van der Waals surface area contributed by atoms with E-state index in [-0.39, 0.29) is 0 Å². The molecule has 0 radical (unpaired) electrons. The van der Waals surface area contributed by atoms with Gasteiger partial charge in [-0.1, -0.05) is 13.3 Å². The van der Waals surface area contributed by atoms with E-state index in [0.29, 0.717) is 18.6 Å². The SMILES string of the molecule is CCC1CCCCC1Oc1ccc(CN)nc1. The number of rotatable bonds is 4. The van der Waals surface area contributed by atoms with Crippen LogP contribution in [0.15, 0.2) is 18.3 Å². The van der Waals surface area contributed by atoms with Crippen molar-refractivity contribution < 1.29 is 4.74 Å². The van der Waals surface area contributed by atoms with Gasteiger partial charge in [-0.05, 0) is 43.7 Å². The van der Waals surface area contributed by atoms with E-state index in [2.05, 4.69) is 11.9 Å². The third kappa shape index (κ3) is 3.19. The van der Waals surface area contributed by atoms with Gasteiger partial charge in [0.2, 0.25) is 0 Å². The van der Waals surface area contributed by atoms with Gasteiger partial charge in [-0.15, -0.1) is 0 Å². The molecule has 3 nitrogen and oxygen atoms in total. The van der Waals surface area contributed by atoms with E-state index in [0.717, 1.165) is 11.4 Å². The van der Waals surface area contributed by atoms with E-state index in [4.69, 9.17) is 10.5 Å². The van der Waals surface area contributed by atoms with Gasteiger partial charge in [-0.3, -0.25) is 4.98 Å². The molecule has 0 aliphatic heterocycles. The lowest BCUT2D eigenvalue weighted by Crippen LogP contribution is -2.29. The van der Waals surface area contributed by atoms with Gasteiger partial charge in [0.15, 0.2) is 0 Å². The Labute approximate surface area is 103 Å². The highest BCUT2D eigenvalue weighted by atomic mass is 16.5. The Hall–Kier alpha value is -1.09. The first-order valence-electron chi connectivity index (χ1n) is 6.65. The predicted molar refractivity (Wildman–Crippen MR) is 68.8 cm³/mol. The number of nitrogens with two attached hydrogens (primary N) is 1. The van der Waals surface area contributed by atoms with Crippen molar-refractivity contribution in [2.75, 3.05) is 0 Å². The van der Waals surface area contributed by atoms with Gasteiger partial charge in [-0.2, -0.15) is 0 Å². The minimum absolute atomic E-state index is 0.374. The van der Waals surface area contributed by atoms with Gasteiger partial charge < -0.3 is 10.5 Å². The smallest absolute Gasteiger partial charge is 0.138 e. The van der Waals surface area contributed by atoms with Gasteiger partial charge in [0.1, 0.15) is 11.9 Å². The molecule has 1 heterocycles. The van der Waals surface area contributed by atoms with Crippen LogP contribution in [-0.2, 0) is 6.54 Å². The molecule has 1 aromatic rings. The molecule has 1 aliphatic rings. The molecular formula is C14H22N2O. The Kier molecular flexibility index (Phi) is 4.37. The summed E-state index contributed by atoms with van der Waals surface area (Å²) >= 11 is 0. The van der Waals surface area contributed by atoms with Crippen molar-refractivity contribution in [3.63, 3.8) is 0 Å². The molecule has 2 rings (SSSR count). The molecule has 1 fully saturated rings. The summed E-state index contributed by atoms with van der Waals surface area (Å²) in [6.45, 7) is 2.74. The molecule has 0 spiro atoms. The molecule has 0 bridgehead atoms. The lowest BCUT2D eigenvalue weighted by atomic mass is 9.85. The first kappa shape index (κ1) is 12.4. The molecule has 17 heavy (non-hydrogen) atoms. The van der Waals surface area contributed by atoms with E-state index < -0.39 is 0 Å². The van der Waals surface area contributed by atoms with E-state index in [9.17, 15) is 0 Å². The van der Waals surface area contributed by atoms with E-state index in [1.165, 1.54) is 32.1 Å². The zero-order chi connectivity index (χ0) is 12.1. The van der Waals surface area contributed by atoms with Crippen molar-refractivity contribution in [2.24, 2.45) is 11.7 Å². The molecule has 2 unspecified atom stereocenters. The number of hydrogen-bond acceptors (Lipinski definition) is 3.